The van der Waals surface area contributed by atoms with Gasteiger partial charge in [-0.05, 0) is 37.6 Å². The highest BCUT2D eigenvalue weighted by molar-refractivity contribution is 5.95. The number of benzene rings is 1. The second-order valence-electron chi connectivity index (χ2n) is 5.46. The molecule has 0 spiro atoms. The molecule has 19 heavy (non-hydrogen) atoms. The summed E-state index contributed by atoms with van der Waals surface area (Å²) < 4.78 is 5.35. The molecule has 0 saturated heterocycles. The SMILES string of the molecule is CNCC1(C(N)c2ccc3c(c2)NC(=O)CO3)CC1. The summed E-state index contributed by atoms with van der Waals surface area (Å²) in [5.41, 5.74) is 8.34. The van der Waals surface area contributed by atoms with Crippen LogP contribution in [0.5, 0.6) is 5.75 Å². The van der Waals surface area contributed by atoms with E-state index in [0.717, 1.165) is 30.6 Å². The van der Waals surface area contributed by atoms with Gasteiger partial charge >= 0.3 is 0 Å². The average molecular weight is 261 g/mol. The molecule has 1 aliphatic carbocycles. The van der Waals surface area contributed by atoms with Crippen LogP contribution >= 0.6 is 0 Å². The molecule has 1 aliphatic heterocycles. The summed E-state index contributed by atoms with van der Waals surface area (Å²) in [5.74, 6) is 0.601. The van der Waals surface area contributed by atoms with Crippen LogP contribution in [0.2, 0.25) is 0 Å². The first kappa shape index (κ1) is 12.4. The third-order valence-electron chi connectivity index (χ3n) is 4.08. The number of nitrogens with one attached hydrogen (secondary N) is 2. The van der Waals surface area contributed by atoms with E-state index < -0.39 is 0 Å². The van der Waals surface area contributed by atoms with Gasteiger partial charge in [-0.3, -0.25) is 4.79 Å². The molecule has 0 radical (unpaired) electrons. The lowest BCUT2D eigenvalue weighted by atomic mass is 9.90. The van der Waals surface area contributed by atoms with E-state index in [9.17, 15) is 4.79 Å². The monoisotopic (exact) mass is 261 g/mol. The Morgan fingerprint density at radius 3 is 3.00 bits per heavy atom. The fraction of sp³-hybridized carbons (Fsp3) is 0.500. The van der Waals surface area contributed by atoms with Gasteiger partial charge in [0.05, 0.1) is 5.69 Å². The van der Waals surface area contributed by atoms with E-state index in [1.165, 1.54) is 0 Å². The van der Waals surface area contributed by atoms with Crippen molar-refractivity contribution in [3.05, 3.63) is 23.8 Å². The Bertz CT molecular complexity index is 511. The lowest BCUT2D eigenvalue weighted by Gasteiger charge is -2.25. The van der Waals surface area contributed by atoms with E-state index in [2.05, 4.69) is 10.6 Å². The minimum atomic E-state index is -0.116. The molecule has 1 saturated carbocycles. The number of ether oxygens (including phenoxy) is 1. The van der Waals surface area contributed by atoms with Gasteiger partial charge in [0.2, 0.25) is 0 Å². The summed E-state index contributed by atoms with van der Waals surface area (Å²) in [6, 6.07) is 5.81. The number of amides is 1. The fourth-order valence-corrected chi connectivity index (χ4v) is 2.76. The van der Waals surface area contributed by atoms with Crippen LogP contribution in [-0.2, 0) is 4.79 Å². The molecular formula is C14H19N3O2. The number of rotatable bonds is 4. The summed E-state index contributed by atoms with van der Waals surface area (Å²) >= 11 is 0. The zero-order valence-electron chi connectivity index (χ0n) is 11.0. The molecule has 0 aromatic heterocycles. The minimum Gasteiger partial charge on any atom is -0.482 e. The van der Waals surface area contributed by atoms with Crippen molar-refractivity contribution in [2.24, 2.45) is 11.1 Å². The molecule has 102 valence electrons. The maximum absolute atomic E-state index is 11.3. The number of fused-ring (bicyclic) bond motifs is 1. The first-order valence-corrected chi connectivity index (χ1v) is 6.61. The maximum atomic E-state index is 11.3. The van der Waals surface area contributed by atoms with Gasteiger partial charge in [0.1, 0.15) is 5.75 Å². The van der Waals surface area contributed by atoms with E-state index in [1.807, 2.05) is 25.2 Å². The van der Waals surface area contributed by atoms with E-state index in [-0.39, 0.29) is 24.0 Å². The van der Waals surface area contributed by atoms with Crippen molar-refractivity contribution >= 4 is 11.6 Å². The summed E-state index contributed by atoms with van der Waals surface area (Å²) in [4.78, 5) is 11.3. The molecule has 1 unspecified atom stereocenters. The number of hydrogen-bond acceptors (Lipinski definition) is 4. The number of carbonyl (C=O) groups is 1. The predicted octanol–water partition coefficient (Wildman–Crippen LogP) is 1.02. The standard InChI is InChI=1S/C14H19N3O2/c1-16-8-14(4-5-14)13(15)9-2-3-11-10(6-9)17-12(18)7-19-11/h2-3,6,13,16H,4-5,7-8,15H2,1H3,(H,17,18). The molecule has 1 aromatic carbocycles. The molecule has 1 fully saturated rings. The highest BCUT2D eigenvalue weighted by Crippen LogP contribution is 2.53. The van der Waals surface area contributed by atoms with E-state index in [0.29, 0.717) is 5.75 Å². The second kappa shape index (κ2) is 4.51. The highest BCUT2D eigenvalue weighted by atomic mass is 16.5. The minimum absolute atomic E-state index is 0.0101. The van der Waals surface area contributed by atoms with Gasteiger partial charge in [-0.15, -0.1) is 0 Å². The van der Waals surface area contributed by atoms with Gasteiger partial charge in [-0.2, -0.15) is 0 Å². The van der Waals surface area contributed by atoms with Crippen LogP contribution in [0.4, 0.5) is 5.69 Å². The fourth-order valence-electron chi connectivity index (χ4n) is 2.76. The molecule has 1 aromatic rings. The quantitative estimate of drug-likeness (QED) is 0.756. The highest BCUT2D eigenvalue weighted by Gasteiger charge is 2.47. The van der Waals surface area contributed by atoms with Crippen LogP contribution < -0.4 is 21.1 Å². The Labute approximate surface area is 112 Å². The van der Waals surface area contributed by atoms with Crippen LogP contribution in [0, 0.1) is 5.41 Å². The lowest BCUT2D eigenvalue weighted by Crippen LogP contribution is -2.31. The predicted molar refractivity (Wildman–Crippen MR) is 73.1 cm³/mol. The van der Waals surface area contributed by atoms with E-state index in [4.69, 9.17) is 10.5 Å². The van der Waals surface area contributed by atoms with Crippen molar-refractivity contribution in [1.29, 1.82) is 0 Å². The molecule has 1 atom stereocenters. The Morgan fingerprint density at radius 2 is 2.32 bits per heavy atom. The summed E-state index contributed by atoms with van der Waals surface area (Å²) in [6.07, 6.45) is 2.30. The molecule has 0 bridgehead atoms. The van der Waals surface area contributed by atoms with E-state index >= 15 is 0 Å². The van der Waals surface area contributed by atoms with Gasteiger partial charge in [-0.25, -0.2) is 0 Å². The Hall–Kier alpha value is -1.59. The van der Waals surface area contributed by atoms with Crippen LogP contribution in [0.25, 0.3) is 0 Å². The molecule has 1 amide bonds. The molecular weight excluding hydrogens is 242 g/mol. The van der Waals surface area contributed by atoms with Crippen molar-refractivity contribution in [1.82, 2.24) is 5.32 Å². The average Bonchev–Trinajstić information content (AvgIpc) is 3.18. The summed E-state index contributed by atoms with van der Waals surface area (Å²) in [5, 5.41) is 6.04. The number of anilines is 1. The summed E-state index contributed by atoms with van der Waals surface area (Å²) in [6.45, 7) is 1.01. The molecule has 2 aliphatic rings. The normalized spacial score (nSPS) is 21.1. The van der Waals surface area contributed by atoms with Gasteiger partial charge in [0.15, 0.2) is 6.61 Å². The van der Waals surface area contributed by atoms with Gasteiger partial charge < -0.3 is 21.1 Å². The van der Waals surface area contributed by atoms with Crippen molar-refractivity contribution in [2.45, 2.75) is 18.9 Å². The number of carbonyl (C=O) groups excluding carboxylic acids is 1. The van der Waals surface area contributed by atoms with Crippen LogP contribution in [0.15, 0.2) is 18.2 Å². The largest absolute Gasteiger partial charge is 0.482 e. The molecule has 5 nitrogen and oxygen atoms in total. The Balaban J connectivity index is 1.86. The van der Waals surface area contributed by atoms with Gasteiger partial charge in [-0.1, -0.05) is 6.07 Å². The Kier molecular flexibility index (Phi) is 2.95. The van der Waals surface area contributed by atoms with E-state index in [1.54, 1.807) is 0 Å². The van der Waals surface area contributed by atoms with Crippen LogP contribution in [0.1, 0.15) is 24.4 Å². The molecule has 1 heterocycles. The molecule has 5 heteroatoms. The first-order chi connectivity index (χ1) is 9.14. The number of hydrogen-bond donors (Lipinski definition) is 3. The molecule has 4 N–H and O–H groups in total. The first-order valence-electron chi connectivity index (χ1n) is 6.61. The van der Waals surface area contributed by atoms with Crippen LogP contribution in [0.3, 0.4) is 0 Å². The topological polar surface area (TPSA) is 76.4 Å². The summed E-state index contributed by atoms with van der Waals surface area (Å²) in [7, 11) is 1.95. The van der Waals surface area contributed by atoms with Crippen molar-refractivity contribution in [3.63, 3.8) is 0 Å². The third kappa shape index (κ3) is 2.19. The van der Waals surface area contributed by atoms with Gasteiger partial charge in [0, 0.05) is 18.0 Å². The molecule has 3 rings (SSSR count). The second-order valence-corrected chi connectivity index (χ2v) is 5.46. The van der Waals surface area contributed by atoms with Crippen LogP contribution in [-0.4, -0.2) is 26.1 Å². The van der Waals surface area contributed by atoms with Gasteiger partial charge in [0.25, 0.3) is 5.91 Å². The zero-order chi connectivity index (χ0) is 13.5. The smallest absolute Gasteiger partial charge is 0.262 e. The Morgan fingerprint density at radius 1 is 1.53 bits per heavy atom. The third-order valence-corrected chi connectivity index (χ3v) is 4.08. The van der Waals surface area contributed by atoms with Crippen molar-refractivity contribution in [3.8, 4) is 5.75 Å². The van der Waals surface area contributed by atoms with Crippen molar-refractivity contribution in [2.75, 3.05) is 25.5 Å². The zero-order valence-corrected chi connectivity index (χ0v) is 11.0. The lowest BCUT2D eigenvalue weighted by molar-refractivity contribution is -0.118. The van der Waals surface area contributed by atoms with Crippen molar-refractivity contribution < 1.29 is 9.53 Å². The number of nitrogens with two attached hydrogens (primary N) is 1. The maximum Gasteiger partial charge on any atom is 0.262 e.